The van der Waals surface area contributed by atoms with Crippen molar-refractivity contribution in [3.8, 4) is 0 Å². The predicted octanol–water partition coefficient (Wildman–Crippen LogP) is 3.68. The van der Waals surface area contributed by atoms with Gasteiger partial charge in [0.05, 0.1) is 5.02 Å². The first-order valence-electron chi connectivity index (χ1n) is 6.47. The Bertz CT molecular complexity index is 671. The van der Waals surface area contributed by atoms with Crippen molar-refractivity contribution in [3.05, 3.63) is 70.0 Å². The van der Waals surface area contributed by atoms with E-state index in [1.54, 1.807) is 17.0 Å². The van der Waals surface area contributed by atoms with Crippen molar-refractivity contribution in [1.82, 2.24) is 4.90 Å². The van der Waals surface area contributed by atoms with Crippen molar-refractivity contribution in [2.75, 3.05) is 6.54 Å². The van der Waals surface area contributed by atoms with Gasteiger partial charge in [-0.25, -0.2) is 4.39 Å². The summed E-state index contributed by atoms with van der Waals surface area (Å²) in [6.45, 7) is 0.965. The van der Waals surface area contributed by atoms with Gasteiger partial charge in [0.2, 0.25) is 0 Å². The summed E-state index contributed by atoms with van der Waals surface area (Å²) in [7, 11) is 0. The van der Waals surface area contributed by atoms with Gasteiger partial charge in [-0.1, -0.05) is 41.9 Å². The third-order valence-corrected chi connectivity index (χ3v) is 4.00. The maximum Gasteiger partial charge on any atom is 0.254 e. The largest absolute Gasteiger partial charge is 0.334 e. The summed E-state index contributed by atoms with van der Waals surface area (Å²) < 4.78 is 13.4. The van der Waals surface area contributed by atoms with Gasteiger partial charge in [0.25, 0.3) is 5.91 Å². The molecule has 0 atom stereocenters. The van der Waals surface area contributed by atoms with E-state index in [1.807, 2.05) is 24.3 Å². The maximum absolute atomic E-state index is 13.4. The van der Waals surface area contributed by atoms with Crippen molar-refractivity contribution in [3.63, 3.8) is 0 Å². The zero-order valence-corrected chi connectivity index (χ0v) is 11.5. The van der Waals surface area contributed by atoms with Crippen LogP contribution in [0.4, 0.5) is 4.39 Å². The minimum Gasteiger partial charge on any atom is -0.334 e. The summed E-state index contributed by atoms with van der Waals surface area (Å²) in [6, 6.07) is 12.3. The number of benzene rings is 2. The Morgan fingerprint density at radius 1 is 1.15 bits per heavy atom. The molecular formula is C16H13ClFNO. The van der Waals surface area contributed by atoms with Crippen molar-refractivity contribution in [2.45, 2.75) is 13.0 Å². The standard InChI is InChI=1S/C16H13ClFNO/c17-15-12(5-3-7-14(15)18)10-19-9-8-11-4-1-2-6-13(11)16(19)20/h1-7H,8-10H2. The Morgan fingerprint density at radius 3 is 2.80 bits per heavy atom. The van der Waals surface area contributed by atoms with Crippen LogP contribution in [-0.4, -0.2) is 17.4 Å². The molecule has 4 heteroatoms. The lowest BCUT2D eigenvalue weighted by Crippen LogP contribution is -2.37. The lowest BCUT2D eigenvalue weighted by Gasteiger charge is -2.28. The van der Waals surface area contributed by atoms with Gasteiger partial charge in [0.15, 0.2) is 0 Å². The SMILES string of the molecule is O=C1c2ccccc2CCN1Cc1cccc(F)c1Cl. The zero-order valence-electron chi connectivity index (χ0n) is 10.8. The first-order valence-corrected chi connectivity index (χ1v) is 6.84. The topological polar surface area (TPSA) is 20.3 Å². The fourth-order valence-electron chi connectivity index (χ4n) is 2.50. The van der Waals surface area contributed by atoms with Crippen LogP contribution in [0.3, 0.4) is 0 Å². The van der Waals surface area contributed by atoms with Gasteiger partial charge in [-0.2, -0.15) is 0 Å². The van der Waals surface area contributed by atoms with Gasteiger partial charge in [-0.3, -0.25) is 4.79 Å². The van der Waals surface area contributed by atoms with E-state index in [1.165, 1.54) is 6.07 Å². The third-order valence-electron chi connectivity index (χ3n) is 3.58. The van der Waals surface area contributed by atoms with Crippen LogP contribution in [0.25, 0.3) is 0 Å². The van der Waals surface area contributed by atoms with Crippen LogP contribution in [-0.2, 0) is 13.0 Å². The highest BCUT2D eigenvalue weighted by atomic mass is 35.5. The van der Waals surface area contributed by atoms with Crippen LogP contribution in [0.1, 0.15) is 21.5 Å². The number of amides is 1. The molecule has 0 bridgehead atoms. The number of nitrogens with zero attached hydrogens (tertiary/aromatic N) is 1. The number of hydrogen-bond donors (Lipinski definition) is 0. The van der Waals surface area contributed by atoms with E-state index < -0.39 is 5.82 Å². The molecule has 0 N–H and O–H groups in total. The second kappa shape index (κ2) is 5.25. The number of carbonyl (C=O) groups is 1. The molecule has 0 fully saturated rings. The average Bonchev–Trinajstić information content (AvgIpc) is 2.47. The van der Waals surface area contributed by atoms with Crippen molar-refractivity contribution < 1.29 is 9.18 Å². The molecule has 2 aromatic rings. The van der Waals surface area contributed by atoms with E-state index in [0.717, 1.165) is 17.5 Å². The minimum atomic E-state index is -0.450. The first kappa shape index (κ1) is 13.1. The highest BCUT2D eigenvalue weighted by Gasteiger charge is 2.24. The summed E-state index contributed by atoms with van der Waals surface area (Å²) in [6.07, 6.45) is 0.814. The van der Waals surface area contributed by atoms with E-state index in [2.05, 4.69) is 0 Å². The summed E-state index contributed by atoms with van der Waals surface area (Å²) in [4.78, 5) is 14.1. The van der Waals surface area contributed by atoms with E-state index in [9.17, 15) is 9.18 Å². The monoisotopic (exact) mass is 289 g/mol. The van der Waals surface area contributed by atoms with Crippen LogP contribution in [0.5, 0.6) is 0 Å². The van der Waals surface area contributed by atoms with Crippen molar-refractivity contribution in [2.24, 2.45) is 0 Å². The fourth-order valence-corrected chi connectivity index (χ4v) is 2.69. The molecule has 0 aromatic heterocycles. The number of hydrogen-bond acceptors (Lipinski definition) is 1. The maximum atomic E-state index is 13.4. The van der Waals surface area contributed by atoms with Gasteiger partial charge < -0.3 is 4.90 Å². The number of carbonyl (C=O) groups excluding carboxylic acids is 1. The molecule has 2 aromatic carbocycles. The van der Waals surface area contributed by atoms with Crippen molar-refractivity contribution in [1.29, 1.82) is 0 Å². The van der Waals surface area contributed by atoms with Crippen LogP contribution in [0, 0.1) is 5.82 Å². The van der Waals surface area contributed by atoms with Crippen LogP contribution in [0.15, 0.2) is 42.5 Å². The van der Waals surface area contributed by atoms with E-state index >= 15 is 0 Å². The number of halogens is 2. The summed E-state index contributed by atoms with van der Waals surface area (Å²) in [5.74, 6) is -0.471. The van der Waals surface area contributed by atoms with Crippen LogP contribution < -0.4 is 0 Å². The van der Waals surface area contributed by atoms with Gasteiger partial charge in [0.1, 0.15) is 5.82 Å². The predicted molar refractivity (Wildman–Crippen MR) is 76.3 cm³/mol. The molecule has 1 aliphatic rings. The van der Waals surface area contributed by atoms with E-state index in [0.29, 0.717) is 18.7 Å². The molecule has 1 amide bonds. The molecule has 20 heavy (non-hydrogen) atoms. The lowest BCUT2D eigenvalue weighted by molar-refractivity contribution is 0.0727. The Labute approximate surface area is 121 Å². The molecule has 2 nitrogen and oxygen atoms in total. The molecular weight excluding hydrogens is 277 g/mol. The fraction of sp³-hybridized carbons (Fsp3) is 0.188. The third kappa shape index (κ3) is 2.29. The van der Waals surface area contributed by atoms with Crippen LogP contribution >= 0.6 is 11.6 Å². The van der Waals surface area contributed by atoms with Gasteiger partial charge >= 0.3 is 0 Å². The lowest BCUT2D eigenvalue weighted by atomic mass is 9.99. The zero-order chi connectivity index (χ0) is 14.1. The summed E-state index contributed by atoms with van der Waals surface area (Å²) >= 11 is 5.95. The quantitative estimate of drug-likeness (QED) is 0.826. The number of rotatable bonds is 2. The molecule has 1 heterocycles. The Kier molecular flexibility index (Phi) is 3.45. The molecule has 1 aliphatic heterocycles. The highest BCUT2D eigenvalue weighted by molar-refractivity contribution is 6.31. The molecule has 102 valence electrons. The average molecular weight is 290 g/mol. The van der Waals surface area contributed by atoms with E-state index in [-0.39, 0.29) is 10.9 Å². The first-order chi connectivity index (χ1) is 9.66. The number of fused-ring (bicyclic) bond motifs is 1. The molecule has 0 spiro atoms. The van der Waals surface area contributed by atoms with Gasteiger partial charge in [0, 0.05) is 18.7 Å². The Hall–Kier alpha value is -1.87. The Balaban J connectivity index is 1.87. The van der Waals surface area contributed by atoms with Gasteiger partial charge in [-0.05, 0) is 29.7 Å². The summed E-state index contributed by atoms with van der Waals surface area (Å²) in [5, 5.41) is 0.0964. The molecule has 0 saturated heterocycles. The minimum absolute atomic E-state index is 0.0211. The van der Waals surface area contributed by atoms with Gasteiger partial charge in [-0.15, -0.1) is 0 Å². The Morgan fingerprint density at radius 2 is 1.95 bits per heavy atom. The molecule has 3 rings (SSSR count). The molecule has 0 saturated carbocycles. The van der Waals surface area contributed by atoms with Crippen molar-refractivity contribution >= 4 is 17.5 Å². The molecule has 0 unspecified atom stereocenters. The second-order valence-corrected chi connectivity index (χ2v) is 5.22. The molecule has 0 aliphatic carbocycles. The van der Waals surface area contributed by atoms with E-state index in [4.69, 9.17) is 11.6 Å². The normalized spacial score (nSPS) is 14.3. The second-order valence-electron chi connectivity index (χ2n) is 4.85. The molecule has 0 radical (unpaired) electrons. The highest BCUT2D eigenvalue weighted by Crippen LogP contribution is 2.24. The van der Waals surface area contributed by atoms with Crippen LogP contribution in [0.2, 0.25) is 5.02 Å². The smallest absolute Gasteiger partial charge is 0.254 e. The summed E-state index contributed by atoms with van der Waals surface area (Å²) in [5.41, 5.74) is 2.43.